The molecule has 3 nitrogen and oxygen atoms in total. The molecule has 0 bridgehead atoms. The van der Waals surface area contributed by atoms with E-state index in [1.54, 1.807) is 22.7 Å². The molecule has 0 aromatic carbocycles. The minimum absolute atomic E-state index is 0.0682. The number of thiophene rings is 2. The predicted octanol–water partition coefficient (Wildman–Crippen LogP) is 3.12. The molecule has 2 heterocycles. The van der Waals surface area contributed by atoms with E-state index in [9.17, 15) is 4.79 Å². The van der Waals surface area contributed by atoms with Crippen LogP contribution in [-0.4, -0.2) is 24.4 Å². The molecule has 0 aliphatic heterocycles. The van der Waals surface area contributed by atoms with E-state index in [1.165, 1.54) is 10.4 Å². The first-order valence-electron chi connectivity index (χ1n) is 6.17. The van der Waals surface area contributed by atoms with Crippen LogP contribution in [0.15, 0.2) is 34.3 Å². The van der Waals surface area contributed by atoms with E-state index >= 15 is 0 Å². The summed E-state index contributed by atoms with van der Waals surface area (Å²) in [6.45, 7) is 3.25. The molecular formula is C14H18N2OS2. The Bertz CT molecular complexity index is 494. The van der Waals surface area contributed by atoms with Gasteiger partial charge in [-0.2, -0.15) is 11.3 Å². The summed E-state index contributed by atoms with van der Waals surface area (Å²) in [5, 5.41) is 9.23. The van der Waals surface area contributed by atoms with Gasteiger partial charge in [0.2, 0.25) is 5.91 Å². The fourth-order valence-corrected chi connectivity index (χ4v) is 3.29. The zero-order chi connectivity index (χ0) is 13.7. The van der Waals surface area contributed by atoms with Gasteiger partial charge >= 0.3 is 0 Å². The Balaban J connectivity index is 1.77. The van der Waals surface area contributed by atoms with Crippen LogP contribution in [0, 0.1) is 0 Å². The fourth-order valence-electron chi connectivity index (χ4n) is 1.89. The Morgan fingerprint density at radius 1 is 1.42 bits per heavy atom. The summed E-state index contributed by atoms with van der Waals surface area (Å²) < 4.78 is 0. The quantitative estimate of drug-likeness (QED) is 0.888. The lowest BCUT2D eigenvalue weighted by Gasteiger charge is -2.18. The van der Waals surface area contributed by atoms with Crippen LogP contribution in [0.25, 0.3) is 0 Å². The van der Waals surface area contributed by atoms with Crippen LogP contribution < -0.4 is 5.32 Å². The summed E-state index contributed by atoms with van der Waals surface area (Å²) in [5.74, 6) is 0.0682. The third kappa shape index (κ3) is 4.45. The Morgan fingerprint density at radius 2 is 2.26 bits per heavy atom. The molecule has 0 saturated carbocycles. The lowest BCUT2D eigenvalue weighted by atomic mass is 10.2. The van der Waals surface area contributed by atoms with Crippen molar-refractivity contribution < 1.29 is 4.79 Å². The molecule has 0 aliphatic rings. The molecule has 19 heavy (non-hydrogen) atoms. The molecule has 0 aliphatic carbocycles. The molecule has 1 N–H and O–H groups in total. The van der Waals surface area contributed by atoms with Crippen molar-refractivity contribution in [2.45, 2.75) is 19.5 Å². The minimum Gasteiger partial charge on any atom is -0.348 e. The standard InChI is InChI=1S/C14H18N2OS2/c1-11(13-4-3-6-19-13)15-14(17)9-16(2)8-12-5-7-18-10-12/h3-7,10-11H,8-9H2,1-2H3,(H,15,17). The predicted molar refractivity (Wildman–Crippen MR) is 81.5 cm³/mol. The average molecular weight is 294 g/mol. The number of carbonyl (C=O) groups excluding carboxylic acids is 1. The SMILES string of the molecule is CC(NC(=O)CN(C)Cc1ccsc1)c1cccs1. The summed E-state index contributed by atoms with van der Waals surface area (Å²) in [7, 11) is 1.97. The first-order valence-corrected chi connectivity index (χ1v) is 8.00. The normalized spacial score (nSPS) is 12.6. The molecule has 2 aromatic heterocycles. The highest BCUT2D eigenvalue weighted by Gasteiger charge is 2.12. The van der Waals surface area contributed by atoms with E-state index in [2.05, 4.69) is 22.1 Å². The molecule has 2 aromatic rings. The van der Waals surface area contributed by atoms with Crippen molar-refractivity contribution in [3.8, 4) is 0 Å². The Hall–Kier alpha value is -1.17. The van der Waals surface area contributed by atoms with Crippen molar-refractivity contribution in [3.05, 3.63) is 44.8 Å². The van der Waals surface area contributed by atoms with Crippen molar-refractivity contribution in [2.75, 3.05) is 13.6 Å². The van der Waals surface area contributed by atoms with E-state index in [0.29, 0.717) is 6.54 Å². The molecular weight excluding hydrogens is 276 g/mol. The van der Waals surface area contributed by atoms with Gasteiger partial charge in [0, 0.05) is 11.4 Å². The highest BCUT2D eigenvalue weighted by atomic mass is 32.1. The van der Waals surface area contributed by atoms with Crippen LogP contribution in [-0.2, 0) is 11.3 Å². The second-order valence-electron chi connectivity index (χ2n) is 4.61. The summed E-state index contributed by atoms with van der Waals surface area (Å²) in [6.07, 6.45) is 0. The number of carbonyl (C=O) groups is 1. The van der Waals surface area contributed by atoms with Crippen LogP contribution in [0.2, 0.25) is 0 Å². The van der Waals surface area contributed by atoms with Gasteiger partial charge in [0.25, 0.3) is 0 Å². The van der Waals surface area contributed by atoms with Crippen LogP contribution in [0.5, 0.6) is 0 Å². The number of rotatable bonds is 6. The van der Waals surface area contributed by atoms with E-state index in [1.807, 2.05) is 36.4 Å². The van der Waals surface area contributed by atoms with Gasteiger partial charge < -0.3 is 5.32 Å². The van der Waals surface area contributed by atoms with Crippen LogP contribution in [0.4, 0.5) is 0 Å². The topological polar surface area (TPSA) is 32.3 Å². The van der Waals surface area contributed by atoms with Crippen molar-refractivity contribution in [1.82, 2.24) is 10.2 Å². The van der Waals surface area contributed by atoms with Gasteiger partial charge in [0.1, 0.15) is 0 Å². The van der Waals surface area contributed by atoms with Crippen molar-refractivity contribution in [2.24, 2.45) is 0 Å². The summed E-state index contributed by atoms with van der Waals surface area (Å²) >= 11 is 3.35. The highest BCUT2D eigenvalue weighted by Crippen LogP contribution is 2.17. The zero-order valence-corrected chi connectivity index (χ0v) is 12.8. The molecule has 2 rings (SSSR count). The molecule has 1 unspecified atom stereocenters. The molecule has 1 amide bonds. The molecule has 102 valence electrons. The van der Waals surface area contributed by atoms with Crippen LogP contribution in [0.1, 0.15) is 23.4 Å². The first kappa shape index (κ1) is 14.2. The van der Waals surface area contributed by atoms with Crippen molar-refractivity contribution in [1.29, 1.82) is 0 Å². The van der Waals surface area contributed by atoms with Gasteiger partial charge in [-0.3, -0.25) is 9.69 Å². The zero-order valence-electron chi connectivity index (χ0n) is 11.1. The monoisotopic (exact) mass is 294 g/mol. The number of nitrogens with one attached hydrogen (secondary N) is 1. The smallest absolute Gasteiger partial charge is 0.234 e. The second kappa shape index (κ2) is 6.84. The van der Waals surface area contributed by atoms with E-state index in [4.69, 9.17) is 0 Å². The number of hydrogen-bond acceptors (Lipinski definition) is 4. The number of hydrogen-bond donors (Lipinski definition) is 1. The maximum absolute atomic E-state index is 11.9. The second-order valence-corrected chi connectivity index (χ2v) is 6.37. The molecule has 0 fully saturated rings. The lowest BCUT2D eigenvalue weighted by molar-refractivity contribution is -0.122. The Morgan fingerprint density at radius 3 is 2.89 bits per heavy atom. The molecule has 5 heteroatoms. The van der Waals surface area contributed by atoms with Crippen molar-refractivity contribution >= 4 is 28.6 Å². The first-order chi connectivity index (χ1) is 9.15. The van der Waals surface area contributed by atoms with E-state index < -0.39 is 0 Å². The number of likely N-dealkylation sites (N-methyl/N-ethyl adjacent to an activating group) is 1. The maximum atomic E-state index is 11.9. The average Bonchev–Trinajstić information content (AvgIpc) is 3.00. The summed E-state index contributed by atoms with van der Waals surface area (Å²) in [5.41, 5.74) is 1.26. The van der Waals surface area contributed by atoms with Gasteiger partial charge in [0.05, 0.1) is 12.6 Å². The Kier molecular flexibility index (Phi) is 5.13. The lowest BCUT2D eigenvalue weighted by Crippen LogP contribution is -2.35. The van der Waals surface area contributed by atoms with E-state index in [0.717, 1.165) is 6.54 Å². The van der Waals surface area contributed by atoms with Gasteiger partial charge in [0.15, 0.2) is 0 Å². The van der Waals surface area contributed by atoms with Gasteiger partial charge in [-0.25, -0.2) is 0 Å². The summed E-state index contributed by atoms with van der Waals surface area (Å²) in [4.78, 5) is 15.2. The third-order valence-electron chi connectivity index (χ3n) is 2.79. The fraction of sp³-hybridized carbons (Fsp3) is 0.357. The van der Waals surface area contributed by atoms with E-state index in [-0.39, 0.29) is 11.9 Å². The third-order valence-corrected chi connectivity index (χ3v) is 4.58. The largest absolute Gasteiger partial charge is 0.348 e. The molecule has 0 saturated heterocycles. The number of nitrogens with zero attached hydrogens (tertiary/aromatic N) is 1. The minimum atomic E-state index is 0.0682. The summed E-state index contributed by atoms with van der Waals surface area (Å²) in [6, 6.07) is 6.23. The maximum Gasteiger partial charge on any atom is 0.234 e. The molecule has 1 atom stereocenters. The van der Waals surface area contributed by atoms with Crippen LogP contribution >= 0.6 is 22.7 Å². The van der Waals surface area contributed by atoms with Gasteiger partial charge in [-0.15, -0.1) is 11.3 Å². The molecule has 0 radical (unpaired) electrons. The number of amides is 1. The van der Waals surface area contributed by atoms with Crippen LogP contribution in [0.3, 0.4) is 0 Å². The van der Waals surface area contributed by atoms with Crippen molar-refractivity contribution in [3.63, 3.8) is 0 Å². The highest BCUT2D eigenvalue weighted by molar-refractivity contribution is 7.10. The Labute approximate surface area is 121 Å². The molecule has 0 spiro atoms. The van der Waals surface area contributed by atoms with Gasteiger partial charge in [-0.05, 0) is 47.8 Å². The van der Waals surface area contributed by atoms with Gasteiger partial charge in [-0.1, -0.05) is 6.07 Å².